The van der Waals surface area contributed by atoms with E-state index in [1.807, 2.05) is 24.3 Å². The van der Waals surface area contributed by atoms with Gasteiger partial charge in [-0.05, 0) is 11.1 Å². The number of benzene rings is 1. The predicted octanol–water partition coefficient (Wildman–Crippen LogP) is 1.06. The largest absolute Gasteiger partial charge is 0.442 e. The summed E-state index contributed by atoms with van der Waals surface area (Å²) in [5, 5.41) is 0. The maximum absolute atomic E-state index is 11.6. The molecule has 2 atom stereocenters. The second-order valence-corrected chi connectivity index (χ2v) is 6.19. The van der Waals surface area contributed by atoms with E-state index < -0.39 is 22.2 Å². The molecule has 0 aromatic heterocycles. The summed E-state index contributed by atoms with van der Waals surface area (Å²) in [5.74, 6) is 0. The number of hydrogen-bond acceptors (Lipinski definition) is 4. The highest BCUT2D eigenvalue weighted by atomic mass is 32.2. The van der Waals surface area contributed by atoms with E-state index in [1.165, 1.54) is 0 Å². The fourth-order valence-electron chi connectivity index (χ4n) is 2.56. The smallest absolute Gasteiger partial charge is 0.424 e. The molecule has 1 aromatic rings. The molecule has 1 saturated heterocycles. The standard InChI is InChI=1S/C11H11NO4S/c1-17(14,15)12-10-8-5-3-2-4-7(8)6-9(10)16-11(12)13/h2-5,9-10H,6H2,1H3. The summed E-state index contributed by atoms with van der Waals surface area (Å²) in [6, 6.07) is 7.02. The van der Waals surface area contributed by atoms with E-state index in [9.17, 15) is 13.2 Å². The number of hydrogen-bond donors (Lipinski definition) is 0. The van der Waals surface area contributed by atoms with Crippen LogP contribution in [0.15, 0.2) is 24.3 Å². The fourth-order valence-corrected chi connectivity index (χ4v) is 3.53. The lowest BCUT2D eigenvalue weighted by Gasteiger charge is -2.18. The molecule has 0 spiro atoms. The van der Waals surface area contributed by atoms with Gasteiger partial charge in [-0.15, -0.1) is 0 Å². The molecule has 1 amide bonds. The van der Waals surface area contributed by atoms with Crippen molar-refractivity contribution < 1.29 is 17.9 Å². The lowest BCUT2D eigenvalue weighted by atomic mass is 10.1. The summed E-state index contributed by atoms with van der Waals surface area (Å²) < 4.78 is 29.2. The zero-order valence-corrected chi connectivity index (χ0v) is 9.98. The Morgan fingerprint density at radius 1 is 1.35 bits per heavy atom. The zero-order chi connectivity index (χ0) is 12.2. The summed E-state index contributed by atoms with van der Waals surface area (Å²) in [6.07, 6.45) is 0.461. The second kappa shape index (κ2) is 3.22. The highest BCUT2D eigenvalue weighted by Gasteiger charge is 2.51. The van der Waals surface area contributed by atoms with E-state index in [0.29, 0.717) is 6.42 Å². The van der Waals surface area contributed by atoms with Gasteiger partial charge in [-0.25, -0.2) is 13.2 Å². The van der Waals surface area contributed by atoms with Crippen LogP contribution in [0, 0.1) is 0 Å². The fraction of sp³-hybridized carbons (Fsp3) is 0.364. The first-order valence-electron chi connectivity index (χ1n) is 5.26. The minimum absolute atomic E-state index is 0.380. The molecule has 5 nitrogen and oxygen atoms in total. The van der Waals surface area contributed by atoms with Crippen molar-refractivity contribution in [2.45, 2.75) is 18.6 Å². The van der Waals surface area contributed by atoms with Crippen LogP contribution in [-0.4, -0.2) is 31.2 Å². The molecule has 1 fully saturated rings. The van der Waals surface area contributed by atoms with Crippen LogP contribution >= 0.6 is 0 Å². The zero-order valence-electron chi connectivity index (χ0n) is 9.16. The topological polar surface area (TPSA) is 63.7 Å². The van der Waals surface area contributed by atoms with Crippen molar-refractivity contribution in [1.82, 2.24) is 4.31 Å². The number of amides is 1. The first-order valence-corrected chi connectivity index (χ1v) is 7.11. The van der Waals surface area contributed by atoms with Crippen molar-refractivity contribution >= 4 is 16.1 Å². The van der Waals surface area contributed by atoms with E-state index in [-0.39, 0.29) is 6.10 Å². The Bertz CT molecular complexity index is 595. The minimum Gasteiger partial charge on any atom is -0.442 e. The van der Waals surface area contributed by atoms with Gasteiger partial charge in [0.1, 0.15) is 12.1 Å². The maximum atomic E-state index is 11.6. The third-order valence-electron chi connectivity index (χ3n) is 3.19. The van der Waals surface area contributed by atoms with Gasteiger partial charge in [-0.2, -0.15) is 4.31 Å². The van der Waals surface area contributed by atoms with Gasteiger partial charge in [-0.1, -0.05) is 24.3 Å². The molecule has 0 saturated carbocycles. The van der Waals surface area contributed by atoms with Gasteiger partial charge >= 0.3 is 6.09 Å². The molecule has 0 bridgehead atoms. The third-order valence-corrected chi connectivity index (χ3v) is 4.28. The van der Waals surface area contributed by atoms with E-state index in [0.717, 1.165) is 21.7 Å². The van der Waals surface area contributed by atoms with Crippen LogP contribution in [0.4, 0.5) is 4.79 Å². The van der Waals surface area contributed by atoms with Crippen LogP contribution in [0.1, 0.15) is 17.2 Å². The Morgan fingerprint density at radius 2 is 2.06 bits per heavy atom. The predicted molar refractivity (Wildman–Crippen MR) is 59.8 cm³/mol. The van der Waals surface area contributed by atoms with Crippen LogP contribution < -0.4 is 0 Å². The Morgan fingerprint density at radius 3 is 2.76 bits per heavy atom. The molecule has 17 heavy (non-hydrogen) atoms. The van der Waals surface area contributed by atoms with E-state index in [2.05, 4.69) is 0 Å². The number of carbonyl (C=O) groups is 1. The maximum Gasteiger partial charge on any atom is 0.424 e. The monoisotopic (exact) mass is 253 g/mol. The molecule has 2 unspecified atom stereocenters. The molecule has 90 valence electrons. The Balaban J connectivity index is 2.13. The lowest BCUT2D eigenvalue weighted by Crippen LogP contribution is -2.33. The second-order valence-electron chi connectivity index (χ2n) is 4.33. The summed E-state index contributed by atoms with van der Waals surface area (Å²) in [5.41, 5.74) is 1.91. The first kappa shape index (κ1) is 10.6. The molecule has 1 aliphatic carbocycles. The minimum atomic E-state index is -3.59. The summed E-state index contributed by atoms with van der Waals surface area (Å²) in [7, 11) is -3.59. The van der Waals surface area contributed by atoms with Crippen molar-refractivity contribution in [2.24, 2.45) is 0 Å². The van der Waals surface area contributed by atoms with Gasteiger partial charge < -0.3 is 4.74 Å². The number of nitrogens with zero attached hydrogens (tertiary/aromatic N) is 1. The van der Waals surface area contributed by atoms with E-state index in [1.54, 1.807) is 0 Å². The normalized spacial score (nSPS) is 26.6. The molecule has 1 aliphatic heterocycles. The molecule has 3 rings (SSSR count). The first-order chi connectivity index (χ1) is 7.98. The Labute approximate surface area is 99.0 Å². The number of carbonyl (C=O) groups excluding carboxylic acids is 1. The average Bonchev–Trinajstić information content (AvgIpc) is 2.70. The molecule has 0 N–H and O–H groups in total. The quantitative estimate of drug-likeness (QED) is 0.751. The molecule has 1 aromatic carbocycles. The van der Waals surface area contributed by atoms with Crippen LogP contribution in [0.25, 0.3) is 0 Å². The van der Waals surface area contributed by atoms with Crippen LogP contribution in [0.5, 0.6) is 0 Å². The van der Waals surface area contributed by atoms with Crippen molar-refractivity contribution in [1.29, 1.82) is 0 Å². The van der Waals surface area contributed by atoms with Gasteiger partial charge in [-0.3, -0.25) is 0 Å². The molecule has 2 aliphatic rings. The highest BCUT2D eigenvalue weighted by molar-refractivity contribution is 7.88. The van der Waals surface area contributed by atoms with Crippen LogP contribution in [0.3, 0.4) is 0 Å². The summed E-state index contributed by atoms with van der Waals surface area (Å²) in [6.45, 7) is 0. The van der Waals surface area contributed by atoms with Crippen LogP contribution in [-0.2, 0) is 21.2 Å². The van der Waals surface area contributed by atoms with Gasteiger partial charge in [0.15, 0.2) is 0 Å². The molecular weight excluding hydrogens is 242 g/mol. The summed E-state index contributed by atoms with van der Waals surface area (Å²) in [4.78, 5) is 11.6. The van der Waals surface area contributed by atoms with Gasteiger partial charge in [0, 0.05) is 6.42 Å². The average molecular weight is 253 g/mol. The van der Waals surface area contributed by atoms with E-state index >= 15 is 0 Å². The SMILES string of the molecule is CS(=O)(=O)N1C(=O)OC2Cc3ccccc3C21. The molecular formula is C11H11NO4S. The Hall–Kier alpha value is -1.56. The van der Waals surface area contributed by atoms with Crippen LogP contribution in [0.2, 0.25) is 0 Å². The number of sulfonamides is 1. The van der Waals surface area contributed by atoms with Gasteiger partial charge in [0.05, 0.1) is 6.26 Å². The van der Waals surface area contributed by atoms with Gasteiger partial charge in [0.25, 0.3) is 0 Å². The van der Waals surface area contributed by atoms with Crippen molar-refractivity contribution in [3.63, 3.8) is 0 Å². The van der Waals surface area contributed by atoms with Crippen molar-refractivity contribution in [3.8, 4) is 0 Å². The number of ether oxygens (including phenoxy) is 1. The van der Waals surface area contributed by atoms with E-state index in [4.69, 9.17) is 4.74 Å². The Kier molecular flexibility index (Phi) is 2.01. The number of rotatable bonds is 1. The highest BCUT2D eigenvalue weighted by Crippen LogP contribution is 2.43. The van der Waals surface area contributed by atoms with Crippen molar-refractivity contribution in [3.05, 3.63) is 35.4 Å². The van der Waals surface area contributed by atoms with Crippen molar-refractivity contribution in [2.75, 3.05) is 6.26 Å². The number of fused-ring (bicyclic) bond motifs is 3. The molecule has 0 radical (unpaired) electrons. The lowest BCUT2D eigenvalue weighted by molar-refractivity contribution is 0.135. The van der Waals surface area contributed by atoms with Gasteiger partial charge in [0.2, 0.25) is 10.0 Å². The third kappa shape index (κ3) is 1.44. The molecule has 1 heterocycles. The molecule has 6 heteroatoms. The summed E-state index contributed by atoms with van der Waals surface area (Å²) >= 11 is 0.